The molecule has 0 radical (unpaired) electrons. The lowest BCUT2D eigenvalue weighted by Gasteiger charge is -2.34. The standard InChI is InChI=1S/C12H16BrN3O/c1-8-5-11(9(13)6-10(8)14)16-4-3-15(2)12(17)7-16/h5-6H,3-4,7,14H2,1-2H3. The molecule has 2 rings (SSSR count). The van der Waals surface area contributed by atoms with Gasteiger partial charge in [-0.05, 0) is 40.5 Å². The first-order valence-corrected chi connectivity index (χ1v) is 6.33. The van der Waals surface area contributed by atoms with Gasteiger partial charge in [-0.25, -0.2) is 0 Å². The number of nitrogen functional groups attached to an aromatic ring is 1. The summed E-state index contributed by atoms with van der Waals surface area (Å²) in [6.07, 6.45) is 0. The SMILES string of the molecule is Cc1cc(N2CCN(C)C(=O)C2)c(Br)cc1N. The highest BCUT2D eigenvalue weighted by Crippen LogP contribution is 2.31. The number of amides is 1. The maximum absolute atomic E-state index is 11.7. The van der Waals surface area contributed by atoms with Gasteiger partial charge in [-0.2, -0.15) is 0 Å². The van der Waals surface area contributed by atoms with Crippen LogP contribution in [0.2, 0.25) is 0 Å². The molecule has 5 heteroatoms. The van der Waals surface area contributed by atoms with Crippen molar-refractivity contribution in [3.05, 3.63) is 22.2 Å². The Hall–Kier alpha value is -1.23. The number of nitrogens with zero attached hydrogens (tertiary/aromatic N) is 2. The van der Waals surface area contributed by atoms with Crippen LogP contribution in [0.5, 0.6) is 0 Å². The Morgan fingerprint density at radius 3 is 2.71 bits per heavy atom. The van der Waals surface area contributed by atoms with Crippen LogP contribution >= 0.6 is 15.9 Å². The first-order valence-electron chi connectivity index (χ1n) is 5.53. The second-order valence-electron chi connectivity index (χ2n) is 4.40. The van der Waals surface area contributed by atoms with E-state index in [0.29, 0.717) is 6.54 Å². The highest BCUT2D eigenvalue weighted by atomic mass is 79.9. The predicted octanol–water partition coefficient (Wildman–Crippen LogP) is 1.62. The highest BCUT2D eigenvalue weighted by molar-refractivity contribution is 9.10. The van der Waals surface area contributed by atoms with Crippen molar-refractivity contribution >= 4 is 33.2 Å². The minimum atomic E-state index is 0.151. The normalized spacial score (nSPS) is 16.5. The van der Waals surface area contributed by atoms with E-state index in [4.69, 9.17) is 5.73 Å². The number of hydrogen-bond acceptors (Lipinski definition) is 3. The average molecular weight is 298 g/mol. The second kappa shape index (κ2) is 4.56. The van der Waals surface area contributed by atoms with E-state index in [-0.39, 0.29) is 5.91 Å². The van der Waals surface area contributed by atoms with E-state index in [1.54, 1.807) is 4.90 Å². The molecule has 1 heterocycles. The van der Waals surface area contributed by atoms with Gasteiger partial charge in [-0.15, -0.1) is 0 Å². The zero-order chi connectivity index (χ0) is 12.6. The van der Waals surface area contributed by atoms with Crippen molar-refractivity contribution in [2.24, 2.45) is 0 Å². The van der Waals surface area contributed by atoms with Gasteiger partial charge >= 0.3 is 0 Å². The summed E-state index contributed by atoms with van der Waals surface area (Å²) in [6, 6.07) is 3.92. The highest BCUT2D eigenvalue weighted by Gasteiger charge is 2.22. The minimum Gasteiger partial charge on any atom is -0.398 e. The van der Waals surface area contributed by atoms with Gasteiger partial charge in [0.15, 0.2) is 0 Å². The lowest BCUT2D eigenvalue weighted by molar-refractivity contribution is -0.129. The third-order valence-corrected chi connectivity index (χ3v) is 3.77. The molecule has 1 fully saturated rings. The molecular weight excluding hydrogens is 282 g/mol. The van der Waals surface area contributed by atoms with Crippen molar-refractivity contribution in [2.45, 2.75) is 6.92 Å². The Morgan fingerprint density at radius 1 is 1.35 bits per heavy atom. The molecule has 2 N–H and O–H groups in total. The summed E-state index contributed by atoms with van der Waals surface area (Å²) in [5, 5.41) is 0. The molecule has 1 aromatic carbocycles. The first-order chi connectivity index (χ1) is 7.99. The van der Waals surface area contributed by atoms with Gasteiger partial charge in [0.25, 0.3) is 0 Å². The van der Waals surface area contributed by atoms with Crippen molar-refractivity contribution in [1.29, 1.82) is 0 Å². The summed E-state index contributed by atoms with van der Waals surface area (Å²) in [5.74, 6) is 0.151. The minimum absolute atomic E-state index is 0.151. The fourth-order valence-electron chi connectivity index (χ4n) is 1.89. The van der Waals surface area contributed by atoms with Crippen molar-refractivity contribution in [2.75, 3.05) is 37.3 Å². The van der Waals surface area contributed by atoms with E-state index >= 15 is 0 Å². The third kappa shape index (κ3) is 2.39. The molecule has 0 spiro atoms. The van der Waals surface area contributed by atoms with E-state index in [0.717, 1.165) is 34.5 Å². The van der Waals surface area contributed by atoms with E-state index in [9.17, 15) is 4.79 Å². The van der Waals surface area contributed by atoms with Gasteiger partial charge in [0, 0.05) is 30.3 Å². The van der Waals surface area contributed by atoms with E-state index in [1.165, 1.54) is 0 Å². The number of nitrogens with two attached hydrogens (primary N) is 1. The fourth-order valence-corrected chi connectivity index (χ4v) is 2.50. The maximum Gasteiger partial charge on any atom is 0.241 e. The second-order valence-corrected chi connectivity index (χ2v) is 5.25. The fraction of sp³-hybridized carbons (Fsp3) is 0.417. The molecule has 92 valence electrons. The Balaban J connectivity index is 2.29. The van der Waals surface area contributed by atoms with Gasteiger partial charge in [0.2, 0.25) is 5.91 Å². The van der Waals surface area contributed by atoms with Crippen LogP contribution in [0.1, 0.15) is 5.56 Å². The number of carbonyl (C=O) groups excluding carboxylic acids is 1. The topological polar surface area (TPSA) is 49.6 Å². The van der Waals surface area contributed by atoms with Crippen LogP contribution in [0.4, 0.5) is 11.4 Å². The first kappa shape index (κ1) is 12.2. The van der Waals surface area contributed by atoms with Crippen LogP contribution in [0.25, 0.3) is 0 Å². The lowest BCUT2D eigenvalue weighted by Crippen LogP contribution is -2.48. The number of aryl methyl sites for hydroxylation is 1. The summed E-state index contributed by atoms with van der Waals surface area (Å²) in [4.78, 5) is 15.5. The molecule has 0 saturated carbocycles. The van der Waals surface area contributed by atoms with Gasteiger partial charge < -0.3 is 15.5 Å². The quantitative estimate of drug-likeness (QED) is 0.802. The molecule has 0 bridgehead atoms. The molecule has 1 amide bonds. The summed E-state index contributed by atoms with van der Waals surface area (Å²) in [5.41, 5.74) is 8.69. The predicted molar refractivity (Wildman–Crippen MR) is 73.1 cm³/mol. The Bertz CT molecular complexity index is 461. The summed E-state index contributed by atoms with van der Waals surface area (Å²) < 4.78 is 0.943. The van der Waals surface area contributed by atoms with Gasteiger partial charge in [0.1, 0.15) is 0 Å². The number of rotatable bonds is 1. The van der Waals surface area contributed by atoms with Gasteiger partial charge in [0.05, 0.1) is 12.2 Å². The van der Waals surface area contributed by atoms with Gasteiger partial charge in [-0.3, -0.25) is 4.79 Å². The van der Waals surface area contributed by atoms with Gasteiger partial charge in [-0.1, -0.05) is 0 Å². The molecule has 0 aromatic heterocycles. The Labute approximate surface area is 110 Å². The van der Waals surface area contributed by atoms with Crippen molar-refractivity contribution < 1.29 is 4.79 Å². The van der Waals surface area contributed by atoms with E-state index in [2.05, 4.69) is 20.8 Å². The molecule has 0 unspecified atom stereocenters. The molecule has 4 nitrogen and oxygen atoms in total. The zero-order valence-corrected chi connectivity index (χ0v) is 11.6. The number of benzene rings is 1. The number of carbonyl (C=O) groups is 1. The Morgan fingerprint density at radius 2 is 2.06 bits per heavy atom. The monoisotopic (exact) mass is 297 g/mol. The van der Waals surface area contributed by atoms with E-state index < -0.39 is 0 Å². The van der Waals surface area contributed by atoms with Crippen LogP contribution < -0.4 is 10.6 Å². The van der Waals surface area contributed by atoms with Crippen LogP contribution in [0, 0.1) is 6.92 Å². The van der Waals surface area contributed by atoms with Crippen molar-refractivity contribution in [3.63, 3.8) is 0 Å². The summed E-state index contributed by atoms with van der Waals surface area (Å²) >= 11 is 3.51. The Kier molecular flexibility index (Phi) is 3.28. The van der Waals surface area contributed by atoms with Crippen LogP contribution in [0.3, 0.4) is 0 Å². The van der Waals surface area contributed by atoms with Crippen LogP contribution in [-0.4, -0.2) is 37.5 Å². The van der Waals surface area contributed by atoms with Crippen molar-refractivity contribution in [1.82, 2.24) is 4.90 Å². The molecule has 0 atom stereocenters. The molecule has 17 heavy (non-hydrogen) atoms. The summed E-state index contributed by atoms with van der Waals surface area (Å²) in [6.45, 7) is 4.01. The smallest absolute Gasteiger partial charge is 0.241 e. The molecule has 1 aromatic rings. The third-order valence-electron chi connectivity index (χ3n) is 3.13. The molecule has 0 aliphatic carbocycles. The lowest BCUT2D eigenvalue weighted by atomic mass is 10.1. The largest absolute Gasteiger partial charge is 0.398 e. The number of piperazine rings is 1. The number of halogens is 1. The van der Waals surface area contributed by atoms with Crippen LogP contribution in [-0.2, 0) is 4.79 Å². The zero-order valence-electron chi connectivity index (χ0n) is 10.0. The summed E-state index contributed by atoms with van der Waals surface area (Å²) in [7, 11) is 1.84. The molecule has 1 saturated heterocycles. The molecular formula is C12H16BrN3O. The average Bonchev–Trinajstić information content (AvgIpc) is 2.27. The van der Waals surface area contributed by atoms with Crippen LogP contribution in [0.15, 0.2) is 16.6 Å². The van der Waals surface area contributed by atoms with Crippen molar-refractivity contribution in [3.8, 4) is 0 Å². The maximum atomic E-state index is 11.7. The van der Waals surface area contributed by atoms with E-state index in [1.807, 2.05) is 26.1 Å². The molecule has 1 aliphatic rings. The number of likely N-dealkylation sites (N-methyl/N-ethyl adjacent to an activating group) is 1. The number of hydrogen-bond donors (Lipinski definition) is 1. The number of anilines is 2. The molecule has 1 aliphatic heterocycles.